The minimum absolute atomic E-state index is 0.182. The molecule has 2 rings (SSSR count). The Morgan fingerprint density at radius 3 is 2.38 bits per heavy atom. The molecule has 0 spiro atoms. The van der Waals surface area contributed by atoms with E-state index in [2.05, 4.69) is 20.8 Å². The van der Waals surface area contributed by atoms with Gasteiger partial charge in [0.25, 0.3) is 5.91 Å². The second kappa shape index (κ2) is 11.0. The second-order valence-corrected chi connectivity index (χ2v) is 5.26. The maximum Gasteiger partial charge on any atom is 0.251 e. The first kappa shape index (κ1) is 19.5. The van der Waals surface area contributed by atoms with Gasteiger partial charge in [0.15, 0.2) is 0 Å². The van der Waals surface area contributed by atoms with E-state index in [0.717, 1.165) is 5.56 Å². The fourth-order valence-electron chi connectivity index (χ4n) is 2.03. The van der Waals surface area contributed by atoms with Gasteiger partial charge in [0, 0.05) is 31.1 Å². The van der Waals surface area contributed by atoms with Gasteiger partial charge in [-0.05, 0) is 24.3 Å². The SMILES string of the molecule is Cc1nnc(-c2ccc(C(=O)NCCOCCOCCNC=O)cc2)o1. The molecule has 1 aromatic heterocycles. The van der Waals surface area contributed by atoms with Gasteiger partial charge < -0.3 is 24.5 Å². The van der Waals surface area contributed by atoms with Gasteiger partial charge in [0.1, 0.15) is 0 Å². The second-order valence-electron chi connectivity index (χ2n) is 5.26. The third kappa shape index (κ3) is 6.61. The zero-order valence-corrected chi connectivity index (χ0v) is 14.6. The molecule has 0 aliphatic carbocycles. The molecule has 1 heterocycles. The minimum atomic E-state index is -0.182. The first-order chi connectivity index (χ1) is 12.7. The lowest BCUT2D eigenvalue weighted by Gasteiger charge is -2.07. The van der Waals surface area contributed by atoms with Crippen molar-refractivity contribution in [1.29, 1.82) is 0 Å². The molecule has 0 aliphatic heterocycles. The molecule has 0 fully saturated rings. The first-order valence-corrected chi connectivity index (χ1v) is 8.22. The Kier molecular flexibility index (Phi) is 8.24. The van der Waals surface area contributed by atoms with E-state index in [9.17, 15) is 9.59 Å². The number of benzene rings is 1. The van der Waals surface area contributed by atoms with Crippen LogP contribution in [0, 0.1) is 6.92 Å². The van der Waals surface area contributed by atoms with Crippen molar-refractivity contribution >= 4 is 12.3 Å². The predicted octanol–water partition coefficient (Wildman–Crippen LogP) is 0.554. The lowest BCUT2D eigenvalue weighted by molar-refractivity contribution is -0.109. The third-order valence-electron chi connectivity index (χ3n) is 3.30. The molecule has 2 amide bonds. The van der Waals surface area contributed by atoms with Crippen molar-refractivity contribution in [3.8, 4) is 11.5 Å². The number of nitrogens with zero attached hydrogens (tertiary/aromatic N) is 2. The van der Waals surface area contributed by atoms with E-state index in [1.54, 1.807) is 31.2 Å². The summed E-state index contributed by atoms with van der Waals surface area (Å²) in [6.07, 6.45) is 0.627. The molecular formula is C17H22N4O5. The molecule has 9 heteroatoms. The molecule has 0 atom stereocenters. The van der Waals surface area contributed by atoms with Gasteiger partial charge in [-0.1, -0.05) is 0 Å². The predicted molar refractivity (Wildman–Crippen MR) is 92.5 cm³/mol. The van der Waals surface area contributed by atoms with Crippen LogP contribution in [0.3, 0.4) is 0 Å². The maximum absolute atomic E-state index is 12.1. The number of ether oxygens (including phenoxy) is 2. The largest absolute Gasteiger partial charge is 0.421 e. The highest BCUT2D eigenvalue weighted by Gasteiger charge is 2.08. The summed E-state index contributed by atoms with van der Waals surface area (Å²) in [7, 11) is 0. The molecule has 0 bridgehead atoms. The number of aromatic nitrogens is 2. The van der Waals surface area contributed by atoms with Crippen molar-refractivity contribution in [1.82, 2.24) is 20.8 Å². The molecule has 1 aromatic carbocycles. The average Bonchev–Trinajstić information content (AvgIpc) is 3.09. The molecular weight excluding hydrogens is 340 g/mol. The van der Waals surface area contributed by atoms with Crippen molar-refractivity contribution in [2.75, 3.05) is 39.5 Å². The third-order valence-corrected chi connectivity index (χ3v) is 3.30. The number of amides is 2. The summed E-state index contributed by atoms with van der Waals surface area (Å²) < 4.78 is 15.9. The summed E-state index contributed by atoms with van der Waals surface area (Å²) in [5.74, 6) is 0.731. The van der Waals surface area contributed by atoms with Crippen LogP contribution in [-0.2, 0) is 14.3 Å². The van der Waals surface area contributed by atoms with Crippen LogP contribution in [0.2, 0.25) is 0 Å². The highest BCUT2D eigenvalue weighted by Crippen LogP contribution is 2.17. The highest BCUT2D eigenvalue weighted by molar-refractivity contribution is 5.94. The smallest absolute Gasteiger partial charge is 0.251 e. The molecule has 0 radical (unpaired) electrons. The zero-order chi connectivity index (χ0) is 18.6. The minimum Gasteiger partial charge on any atom is -0.421 e. The van der Waals surface area contributed by atoms with E-state index in [-0.39, 0.29) is 5.91 Å². The Balaban J connectivity index is 1.60. The number of rotatable bonds is 12. The van der Waals surface area contributed by atoms with Crippen LogP contribution in [0.15, 0.2) is 28.7 Å². The molecule has 140 valence electrons. The summed E-state index contributed by atoms with van der Waals surface area (Å²) in [5, 5.41) is 13.0. The summed E-state index contributed by atoms with van der Waals surface area (Å²) in [5.41, 5.74) is 1.30. The number of nitrogens with one attached hydrogen (secondary N) is 2. The Hall–Kier alpha value is -2.78. The molecule has 9 nitrogen and oxygen atoms in total. The van der Waals surface area contributed by atoms with E-state index in [1.807, 2.05) is 0 Å². The van der Waals surface area contributed by atoms with Gasteiger partial charge in [-0.15, -0.1) is 10.2 Å². The standard InChI is InChI=1S/C17H22N4O5/c1-13-20-21-17(26-13)15-4-2-14(3-5-15)16(23)19-7-9-25-11-10-24-8-6-18-12-22/h2-5,12H,6-11H2,1H3,(H,18,22)(H,19,23). The van der Waals surface area contributed by atoms with E-state index in [1.165, 1.54) is 0 Å². The molecule has 0 aliphatic rings. The summed E-state index contributed by atoms with van der Waals surface area (Å²) in [6, 6.07) is 6.92. The summed E-state index contributed by atoms with van der Waals surface area (Å²) in [4.78, 5) is 22.1. The number of hydrogen-bond acceptors (Lipinski definition) is 7. The van der Waals surface area contributed by atoms with Crippen molar-refractivity contribution < 1.29 is 23.5 Å². The van der Waals surface area contributed by atoms with E-state index >= 15 is 0 Å². The van der Waals surface area contributed by atoms with E-state index in [0.29, 0.717) is 63.3 Å². The van der Waals surface area contributed by atoms with Gasteiger partial charge in [-0.25, -0.2) is 0 Å². The summed E-state index contributed by atoms with van der Waals surface area (Å²) in [6.45, 7) is 4.29. The molecule has 0 saturated heterocycles. The Morgan fingerprint density at radius 1 is 1.08 bits per heavy atom. The first-order valence-electron chi connectivity index (χ1n) is 8.22. The summed E-state index contributed by atoms with van der Waals surface area (Å²) >= 11 is 0. The Bertz CT molecular complexity index is 687. The highest BCUT2D eigenvalue weighted by atomic mass is 16.5. The van der Waals surface area contributed by atoms with Gasteiger partial charge in [-0.3, -0.25) is 9.59 Å². The van der Waals surface area contributed by atoms with Gasteiger partial charge >= 0.3 is 0 Å². The van der Waals surface area contributed by atoms with Crippen molar-refractivity contribution in [3.05, 3.63) is 35.7 Å². The van der Waals surface area contributed by atoms with Crippen LogP contribution >= 0.6 is 0 Å². The molecule has 0 saturated carbocycles. The number of hydrogen-bond donors (Lipinski definition) is 2. The monoisotopic (exact) mass is 362 g/mol. The fraction of sp³-hybridized carbons (Fsp3) is 0.412. The average molecular weight is 362 g/mol. The topological polar surface area (TPSA) is 116 Å². The van der Waals surface area contributed by atoms with E-state index < -0.39 is 0 Å². The number of carbonyl (C=O) groups is 2. The van der Waals surface area contributed by atoms with Crippen molar-refractivity contribution in [2.24, 2.45) is 0 Å². The lowest BCUT2D eigenvalue weighted by atomic mass is 10.1. The van der Waals surface area contributed by atoms with Crippen molar-refractivity contribution in [2.45, 2.75) is 6.92 Å². The van der Waals surface area contributed by atoms with Crippen molar-refractivity contribution in [3.63, 3.8) is 0 Å². The number of carbonyl (C=O) groups excluding carboxylic acids is 2. The lowest BCUT2D eigenvalue weighted by Crippen LogP contribution is -2.27. The number of aryl methyl sites for hydroxylation is 1. The quantitative estimate of drug-likeness (QED) is 0.418. The molecule has 26 heavy (non-hydrogen) atoms. The molecule has 2 N–H and O–H groups in total. The van der Waals surface area contributed by atoms with E-state index in [4.69, 9.17) is 13.9 Å². The molecule has 2 aromatic rings. The molecule has 0 unspecified atom stereocenters. The normalized spacial score (nSPS) is 10.5. The Morgan fingerprint density at radius 2 is 1.77 bits per heavy atom. The van der Waals surface area contributed by atoms with Crippen LogP contribution in [-0.4, -0.2) is 62.0 Å². The zero-order valence-electron chi connectivity index (χ0n) is 14.6. The van der Waals surface area contributed by atoms with Gasteiger partial charge in [0.05, 0.1) is 26.4 Å². The maximum atomic E-state index is 12.1. The van der Waals surface area contributed by atoms with Crippen LogP contribution in [0.4, 0.5) is 0 Å². The van der Waals surface area contributed by atoms with Gasteiger partial charge in [0.2, 0.25) is 18.2 Å². The Labute approximate surface area is 151 Å². The van der Waals surface area contributed by atoms with Crippen LogP contribution in [0.25, 0.3) is 11.5 Å². The fourth-order valence-corrected chi connectivity index (χ4v) is 2.03. The van der Waals surface area contributed by atoms with Crippen LogP contribution in [0.1, 0.15) is 16.2 Å². The van der Waals surface area contributed by atoms with Gasteiger partial charge in [-0.2, -0.15) is 0 Å². The van der Waals surface area contributed by atoms with Crippen LogP contribution in [0.5, 0.6) is 0 Å². The van der Waals surface area contributed by atoms with Crippen LogP contribution < -0.4 is 10.6 Å².